The van der Waals surface area contributed by atoms with Crippen LogP contribution in [0, 0.1) is 6.92 Å². The van der Waals surface area contributed by atoms with Gasteiger partial charge in [0.1, 0.15) is 0 Å². The molecule has 0 saturated carbocycles. The van der Waals surface area contributed by atoms with E-state index in [9.17, 15) is 12.3 Å². The van der Waals surface area contributed by atoms with Crippen LogP contribution in [-0.2, 0) is 10.2 Å². The molecule has 1 aromatic carbocycles. The first-order valence-electron chi connectivity index (χ1n) is 4.48. The minimum atomic E-state index is -4.62. The number of halogens is 2. The van der Waals surface area contributed by atoms with Crippen molar-refractivity contribution in [3.05, 3.63) is 27.7 Å². The monoisotopic (exact) mass is 294 g/mol. The summed E-state index contributed by atoms with van der Waals surface area (Å²) < 4.78 is 35.2. The molecule has 0 atom stereocenters. The number of aryl methyl sites for hydroxylation is 1. The number of benzene rings is 1. The number of hydrogen-bond acceptors (Lipinski definition) is 2. The van der Waals surface area contributed by atoms with Crippen molar-refractivity contribution in [3.8, 4) is 0 Å². The fraction of sp³-hybridized carbons (Fsp3) is 0.400. The third kappa shape index (κ3) is 2.78. The zero-order valence-corrected chi connectivity index (χ0v) is 11.1. The van der Waals surface area contributed by atoms with Gasteiger partial charge >= 0.3 is 10.2 Å². The second-order valence-electron chi connectivity index (χ2n) is 3.74. The molecule has 1 rings (SSSR count). The fourth-order valence-corrected chi connectivity index (χ4v) is 2.60. The lowest BCUT2D eigenvalue weighted by Crippen LogP contribution is -1.98. The topological polar surface area (TPSA) is 34.1 Å². The first-order valence-corrected chi connectivity index (χ1v) is 6.66. The van der Waals surface area contributed by atoms with Crippen molar-refractivity contribution < 1.29 is 12.3 Å². The van der Waals surface area contributed by atoms with Crippen LogP contribution in [0.25, 0.3) is 0 Å². The lowest BCUT2D eigenvalue weighted by molar-refractivity contribution is 0.551. The molecule has 0 unspecified atom stereocenters. The van der Waals surface area contributed by atoms with E-state index in [0.29, 0.717) is 0 Å². The van der Waals surface area contributed by atoms with E-state index in [0.717, 1.165) is 15.6 Å². The van der Waals surface area contributed by atoms with Crippen LogP contribution in [0.4, 0.5) is 3.89 Å². The average molecular weight is 295 g/mol. The molecule has 0 aliphatic rings. The molecular weight excluding hydrogens is 283 g/mol. The van der Waals surface area contributed by atoms with Gasteiger partial charge in [0, 0.05) is 4.47 Å². The third-order valence-corrected chi connectivity index (χ3v) is 4.04. The Labute approximate surface area is 97.8 Å². The van der Waals surface area contributed by atoms with E-state index >= 15 is 0 Å². The molecule has 1 aromatic rings. The van der Waals surface area contributed by atoms with Crippen LogP contribution in [0.15, 0.2) is 21.5 Å². The highest BCUT2D eigenvalue weighted by Crippen LogP contribution is 2.31. The third-order valence-electron chi connectivity index (χ3n) is 2.16. The Morgan fingerprint density at radius 3 is 2.27 bits per heavy atom. The van der Waals surface area contributed by atoms with E-state index in [2.05, 4.69) is 15.9 Å². The van der Waals surface area contributed by atoms with Gasteiger partial charge in [0.05, 0.1) is 4.90 Å². The molecular formula is C10H12BrFO2S. The molecule has 0 aliphatic carbocycles. The quantitative estimate of drug-likeness (QED) is 0.782. The van der Waals surface area contributed by atoms with E-state index in [1.807, 2.05) is 13.8 Å². The largest absolute Gasteiger partial charge is 0.332 e. The lowest BCUT2D eigenvalue weighted by Gasteiger charge is -2.11. The first kappa shape index (κ1) is 12.6. The van der Waals surface area contributed by atoms with Crippen LogP contribution >= 0.6 is 15.9 Å². The van der Waals surface area contributed by atoms with Crippen LogP contribution < -0.4 is 0 Å². The molecule has 0 aliphatic heterocycles. The molecule has 2 nitrogen and oxygen atoms in total. The van der Waals surface area contributed by atoms with Crippen LogP contribution in [0.5, 0.6) is 0 Å². The van der Waals surface area contributed by atoms with Gasteiger partial charge in [0.15, 0.2) is 0 Å². The van der Waals surface area contributed by atoms with E-state index in [-0.39, 0.29) is 10.8 Å². The molecule has 0 N–H and O–H groups in total. The minimum Gasteiger partial charge on any atom is -0.189 e. The molecule has 0 bridgehead atoms. The average Bonchev–Trinajstić information content (AvgIpc) is 2.06. The van der Waals surface area contributed by atoms with Gasteiger partial charge < -0.3 is 0 Å². The predicted octanol–water partition coefficient (Wildman–Crippen LogP) is 3.54. The molecule has 0 heterocycles. The predicted molar refractivity (Wildman–Crippen MR) is 61.3 cm³/mol. The molecule has 5 heteroatoms. The summed E-state index contributed by atoms with van der Waals surface area (Å²) in [7, 11) is -4.62. The van der Waals surface area contributed by atoms with E-state index < -0.39 is 10.2 Å². The van der Waals surface area contributed by atoms with Crippen molar-refractivity contribution in [2.75, 3.05) is 0 Å². The van der Waals surface area contributed by atoms with Gasteiger partial charge in [0.2, 0.25) is 0 Å². The van der Waals surface area contributed by atoms with E-state index in [4.69, 9.17) is 0 Å². The fourth-order valence-electron chi connectivity index (χ4n) is 1.32. The van der Waals surface area contributed by atoms with Gasteiger partial charge in [-0.05, 0) is 36.1 Å². The van der Waals surface area contributed by atoms with Crippen LogP contribution in [0.1, 0.15) is 30.9 Å². The summed E-state index contributed by atoms with van der Waals surface area (Å²) in [6.45, 7) is 5.59. The summed E-state index contributed by atoms with van der Waals surface area (Å²) in [5, 5.41) is 0. The Bertz CT molecular complexity index is 480. The Morgan fingerprint density at radius 2 is 1.87 bits per heavy atom. The lowest BCUT2D eigenvalue weighted by atomic mass is 10.0. The van der Waals surface area contributed by atoms with E-state index in [1.54, 1.807) is 6.92 Å². The zero-order valence-electron chi connectivity index (χ0n) is 8.71. The van der Waals surface area contributed by atoms with Gasteiger partial charge in [-0.15, -0.1) is 3.89 Å². The minimum absolute atomic E-state index is 0.139. The smallest absolute Gasteiger partial charge is 0.189 e. The molecule has 84 valence electrons. The van der Waals surface area contributed by atoms with Crippen molar-refractivity contribution in [2.45, 2.75) is 31.6 Å². The van der Waals surface area contributed by atoms with Crippen molar-refractivity contribution >= 4 is 26.2 Å². The van der Waals surface area contributed by atoms with Crippen molar-refractivity contribution in [2.24, 2.45) is 0 Å². The highest BCUT2D eigenvalue weighted by atomic mass is 79.9. The SMILES string of the molecule is Cc1cc(S(=O)(=O)F)cc(C(C)C)c1Br. The summed E-state index contributed by atoms with van der Waals surface area (Å²) >= 11 is 3.36. The normalized spacial score (nSPS) is 12.1. The van der Waals surface area contributed by atoms with Crippen LogP contribution in [0.3, 0.4) is 0 Å². The van der Waals surface area contributed by atoms with Crippen LogP contribution in [-0.4, -0.2) is 8.42 Å². The molecule has 0 radical (unpaired) electrons. The van der Waals surface area contributed by atoms with E-state index in [1.165, 1.54) is 12.1 Å². The van der Waals surface area contributed by atoms with Crippen LogP contribution in [0.2, 0.25) is 0 Å². The molecule has 0 aromatic heterocycles. The maximum atomic E-state index is 12.8. The molecule has 15 heavy (non-hydrogen) atoms. The maximum absolute atomic E-state index is 12.8. The van der Waals surface area contributed by atoms with Crippen molar-refractivity contribution in [1.82, 2.24) is 0 Å². The highest BCUT2D eigenvalue weighted by Gasteiger charge is 2.17. The summed E-state index contributed by atoms with van der Waals surface area (Å²) in [5.74, 6) is 0.139. The number of rotatable bonds is 2. The Balaban J connectivity index is 3.50. The Hall–Kier alpha value is -0.420. The first-order chi connectivity index (χ1) is 6.73. The van der Waals surface area contributed by atoms with Gasteiger partial charge in [-0.2, -0.15) is 8.42 Å². The maximum Gasteiger partial charge on any atom is 0.332 e. The van der Waals surface area contributed by atoms with Crippen molar-refractivity contribution in [3.63, 3.8) is 0 Å². The second kappa shape index (κ2) is 4.22. The zero-order chi connectivity index (χ0) is 11.8. The summed E-state index contributed by atoms with van der Waals surface area (Å²) in [6, 6.07) is 2.70. The standard InChI is InChI=1S/C10H12BrFO2S/c1-6(2)9-5-8(15(12,13)14)4-7(3)10(9)11/h4-6H,1-3H3. The Kier molecular flexibility index (Phi) is 3.55. The van der Waals surface area contributed by atoms with Gasteiger partial charge in [0.25, 0.3) is 0 Å². The van der Waals surface area contributed by atoms with Gasteiger partial charge in [-0.25, -0.2) is 0 Å². The highest BCUT2D eigenvalue weighted by molar-refractivity contribution is 9.10. The summed E-state index contributed by atoms with van der Waals surface area (Å²) in [6.07, 6.45) is 0. The van der Waals surface area contributed by atoms with Crippen molar-refractivity contribution in [1.29, 1.82) is 0 Å². The number of hydrogen-bond donors (Lipinski definition) is 0. The van der Waals surface area contributed by atoms with Gasteiger partial charge in [-0.3, -0.25) is 0 Å². The summed E-state index contributed by atoms with van der Waals surface area (Å²) in [4.78, 5) is -0.271. The Morgan fingerprint density at radius 1 is 1.33 bits per heavy atom. The second-order valence-corrected chi connectivity index (χ2v) is 5.88. The van der Waals surface area contributed by atoms with Gasteiger partial charge in [-0.1, -0.05) is 29.8 Å². The summed E-state index contributed by atoms with van der Waals surface area (Å²) in [5.41, 5.74) is 1.52. The molecule has 0 saturated heterocycles. The molecule has 0 spiro atoms. The molecule has 0 fully saturated rings. The molecule has 0 amide bonds.